The maximum atomic E-state index is 9.18. The zero-order valence-corrected chi connectivity index (χ0v) is 4.07. The summed E-state index contributed by atoms with van der Waals surface area (Å²) >= 11 is 0. The molecular formula is CH6O4S. The Morgan fingerprint density at radius 1 is 1.50 bits per heavy atom. The van der Waals surface area contributed by atoms with Crippen LogP contribution in [0.1, 0.15) is 0 Å². The van der Waals surface area contributed by atoms with E-state index in [4.69, 9.17) is 0 Å². The highest BCUT2D eigenvalue weighted by molar-refractivity contribution is 7.67. The van der Waals surface area contributed by atoms with Gasteiger partial charge in [0.1, 0.15) is 0 Å². The molecule has 0 spiro atoms. The van der Waals surface area contributed by atoms with Crippen molar-refractivity contribution in [1.29, 1.82) is 0 Å². The Hall–Kier alpha value is -0.130. The lowest BCUT2D eigenvalue weighted by molar-refractivity contribution is 0.418. The van der Waals surface area contributed by atoms with Crippen LogP contribution in [0.15, 0.2) is 0 Å². The Bertz CT molecular complexity index is 65.6. The average Bonchev–Trinajstić information content (AvgIpc) is 1.38. The van der Waals surface area contributed by atoms with Gasteiger partial charge in [-0.15, -0.1) is 0 Å². The number of hydrogen-bond acceptors (Lipinski definition) is 3. The summed E-state index contributed by atoms with van der Waals surface area (Å²) in [6.07, 6.45) is 0. The molecule has 0 heterocycles. The summed E-state index contributed by atoms with van der Waals surface area (Å²) in [5, 5.41) is 0. The van der Waals surface area contributed by atoms with Crippen molar-refractivity contribution in [1.82, 2.24) is 0 Å². The summed E-state index contributed by atoms with van der Waals surface area (Å²) in [6.45, 7) is 0. The predicted molar refractivity (Wildman–Crippen MR) is 20.9 cm³/mol. The van der Waals surface area contributed by atoms with Crippen LogP contribution in [0.5, 0.6) is 0 Å². The fraction of sp³-hybridized carbons (Fsp3) is 1.00. The second kappa shape index (κ2) is 4.87. The Balaban J connectivity index is 0. The summed E-state index contributed by atoms with van der Waals surface area (Å²) in [5.41, 5.74) is 0. The molecule has 0 aromatic carbocycles. The molecule has 0 saturated carbocycles. The molecule has 2 N–H and O–H groups in total. The first kappa shape index (κ1) is 9.30. The van der Waals surface area contributed by atoms with Crippen LogP contribution in [0, 0.1) is 0 Å². The first-order valence-electron chi connectivity index (χ1n) is 0.956. The Labute approximate surface area is 37.2 Å². The summed E-state index contributed by atoms with van der Waals surface area (Å²) in [4.78, 5) is 0. The van der Waals surface area contributed by atoms with Crippen LogP contribution in [-0.2, 0) is 15.2 Å². The molecule has 0 saturated heterocycles. The van der Waals surface area contributed by atoms with Crippen LogP contribution in [0.4, 0.5) is 0 Å². The van der Waals surface area contributed by atoms with Crippen molar-refractivity contribution < 1.29 is 18.1 Å². The van der Waals surface area contributed by atoms with Gasteiger partial charge in [-0.1, -0.05) is 0 Å². The fourth-order valence-corrected chi connectivity index (χ4v) is 0. The van der Waals surface area contributed by atoms with Crippen molar-refractivity contribution in [2.45, 2.75) is 0 Å². The molecule has 40 valence electrons. The molecule has 0 aliphatic carbocycles. The van der Waals surface area contributed by atoms with Gasteiger partial charge in [0.15, 0.2) is 0 Å². The second-order valence-corrected chi connectivity index (χ2v) is 1.22. The van der Waals surface area contributed by atoms with Crippen LogP contribution in [-0.4, -0.2) is 21.0 Å². The van der Waals surface area contributed by atoms with E-state index in [0.29, 0.717) is 0 Å². The first-order valence-corrected chi connectivity index (χ1v) is 2.05. The quantitative estimate of drug-likeness (QED) is 0.414. The van der Waals surface area contributed by atoms with Crippen LogP contribution in [0.25, 0.3) is 0 Å². The van der Waals surface area contributed by atoms with E-state index in [1.165, 1.54) is 0 Å². The van der Waals surface area contributed by atoms with Gasteiger partial charge in [-0.2, -0.15) is 0 Å². The van der Waals surface area contributed by atoms with Gasteiger partial charge in [-0.3, -0.25) is 4.18 Å². The third kappa shape index (κ3) is 9.12. The van der Waals surface area contributed by atoms with Gasteiger partial charge in [-0.25, -0.2) is 8.42 Å². The molecule has 0 atom stereocenters. The van der Waals surface area contributed by atoms with Gasteiger partial charge >= 0.3 is 0 Å². The topological polar surface area (TPSA) is 74.9 Å². The molecule has 0 unspecified atom stereocenters. The zero-order chi connectivity index (χ0) is 4.28. The van der Waals surface area contributed by atoms with Gasteiger partial charge in [0.05, 0.1) is 7.11 Å². The van der Waals surface area contributed by atoms with Gasteiger partial charge < -0.3 is 5.48 Å². The van der Waals surface area contributed by atoms with Crippen molar-refractivity contribution in [2.75, 3.05) is 7.11 Å². The molecule has 0 aromatic rings. The maximum Gasteiger partial charge on any atom is 0.256 e. The summed E-state index contributed by atoms with van der Waals surface area (Å²) in [6, 6.07) is 0. The van der Waals surface area contributed by atoms with E-state index in [1.54, 1.807) is 0 Å². The highest BCUT2D eigenvalue weighted by atomic mass is 32.2. The molecule has 6 heavy (non-hydrogen) atoms. The lowest BCUT2D eigenvalue weighted by Gasteiger charge is -1.66. The Morgan fingerprint density at radius 3 is 1.67 bits per heavy atom. The van der Waals surface area contributed by atoms with Crippen molar-refractivity contribution in [3.05, 3.63) is 0 Å². The van der Waals surface area contributed by atoms with Crippen LogP contribution in [0.3, 0.4) is 0 Å². The highest BCUT2D eigenvalue weighted by Crippen LogP contribution is 1.52. The standard InChI is InChI=1S/CH4O3S.H2O/c1-4-5(2)3;/h5H,1H3;1H2. The van der Waals surface area contributed by atoms with Crippen molar-refractivity contribution in [3.63, 3.8) is 0 Å². The smallest absolute Gasteiger partial charge is 0.256 e. The Morgan fingerprint density at radius 2 is 1.67 bits per heavy atom. The minimum Gasteiger partial charge on any atom is -0.412 e. The number of thiol groups is 1. The van der Waals surface area contributed by atoms with Crippen molar-refractivity contribution >= 4 is 11.0 Å². The fourth-order valence-electron chi connectivity index (χ4n) is 0. The molecule has 0 fully saturated rings. The molecular weight excluding hydrogens is 108 g/mol. The monoisotopic (exact) mass is 114 g/mol. The van der Waals surface area contributed by atoms with Crippen molar-refractivity contribution in [2.24, 2.45) is 0 Å². The largest absolute Gasteiger partial charge is 0.412 e. The molecule has 0 aliphatic rings. The maximum absolute atomic E-state index is 9.18. The third-order valence-corrected chi connectivity index (χ3v) is 0.447. The lowest BCUT2D eigenvalue weighted by Crippen LogP contribution is -1.72. The molecule has 0 bridgehead atoms. The molecule has 0 aliphatic heterocycles. The highest BCUT2D eigenvalue weighted by Gasteiger charge is 1.61. The molecule has 0 rings (SSSR count). The minimum atomic E-state index is -2.60. The molecule has 4 nitrogen and oxygen atoms in total. The summed E-state index contributed by atoms with van der Waals surface area (Å²) in [7, 11) is -1.50. The van der Waals surface area contributed by atoms with Gasteiger partial charge in [-0.05, 0) is 0 Å². The Kier molecular flexibility index (Phi) is 7.54. The number of hydrogen-bond donors (Lipinski definition) is 1. The predicted octanol–water partition coefficient (Wildman–Crippen LogP) is -1.67. The molecule has 5 heteroatoms. The minimum absolute atomic E-state index is 0. The summed E-state index contributed by atoms with van der Waals surface area (Å²) < 4.78 is 22.1. The second-order valence-electron chi connectivity index (χ2n) is 0.406. The van der Waals surface area contributed by atoms with Gasteiger partial charge in [0.25, 0.3) is 11.0 Å². The van der Waals surface area contributed by atoms with E-state index in [-0.39, 0.29) is 5.48 Å². The average molecular weight is 114 g/mol. The molecule has 0 aromatic heterocycles. The molecule has 0 amide bonds. The van der Waals surface area contributed by atoms with E-state index in [9.17, 15) is 8.42 Å². The normalized spacial score (nSPS) is 7.67. The van der Waals surface area contributed by atoms with E-state index in [1.807, 2.05) is 0 Å². The van der Waals surface area contributed by atoms with Crippen LogP contribution in [0.2, 0.25) is 0 Å². The SMILES string of the molecule is CO[SH](=O)=O.O. The molecule has 0 radical (unpaired) electrons. The zero-order valence-electron chi connectivity index (χ0n) is 3.17. The van der Waals surface area contributed by atoms with E-state index >= 15 is 0 Å². The van der Waals surface area contributed by atoms with E-state index in [2.05, 4.69) is 4.18 Å². The summed E-state index contributed by atoms with van der Waals surface area (Å²) in [5.74, 6) is 0. The van der Waals surface area contributed by atoms with Crippen LogP contribution >= 0.6 is 0 Å². The number of rotatable bonds is 1. The van der Waals surface area contributed by atoms with Gasteiger partial charge in [0.2, 0.25) is 0 Å². The van der Waals surface area contributed by atoms with Crippen molar-refractivity contribution in [3.8, 4) is 0 Å². The third-order valence-electron chi connectivity index (χ3n) is 0.149. The first-order chi connectivity index (χ1) is 2.27. The lowest BCUT2D eigenvalue weighted by atomic mass is 11.8. The van der Waals surface area contributed by atoms with E-state index < -0.39 is 11.0 Å². The van der Waals surface area contributed by atoms with Gasteiger partial charge in [0, 0.05) is 0 Å². The van der Waals surface area contributed by atoms with E-state index in [0.717, 1.165) is 7.11 Å². The van der Waals surface area contributed by atoms with Crippen LogP contribution < -0.4 is 0 Å².